The van der Waals surface area contributed by atoms with E-state index in [0.29, 0.717) is 0 Å². The van der Waals surface area contributed by atoms with Crippen molar-refractivity contribution in [2.24, 2.45) is 5.73 Å². The fourth-order valence-corrected chi connectivity index (χ4v) is 1.72. The number of hydrogen-bond donors (Lipinski definition) is 1. The Morgan fingerprint density at radius 3 is 2.85 bits per heavy atom. The van der Waals surface area contributed by atoms with E-state index in [4.69, 9.17) is 11.0 Å². The second kappa shape index (κ2) is 5.57. The van der Waals surface area contributed by atoms with E-state index in [2.05, 4.69) is 4.98 Å². The first-order chi connectivity index (χ1) is 6.33. The Hall–Kier alpha value is -1.05. The molecule has 1 rings (SSSR count). The molecule has 1 unspecified atom stereocenters. The van der Waals surface area contributed by atoms with Gasteiger partial charge in [0.05, 0.1) is 12.1 Å². The lowest BCUT2D eigenvalue weighted by atomic mass is 10.3. The van der Waals surface area contributed by atoms with Crippen LogP contribution in [-0.4, -0.2) is 16.8 Å². The third-order valence-electron chi connectivity index (χ3n) is 1.51. The predicted octanol–water partition coefficient (Wildman–Crippen LogP) is 1.41. The Labute approximate surface area is 82.0 Å². The van der Waals surface area contributed by atoms with E-state index in [1.54, 1.807) is 24.2 Å². The van der Waals surface area contributed by atoms with Gasteiger partial charge in [0.1, 0.15) is 0 Å². The monoisotopic (exact) mass is 193 g/mol. The number of nitrogens with zero attached hydrogens (tertiary/aromatic N) is 2. The third-order valence-corrected chi connectivity index (χ3v) is 2.56. The molecule has 1 aromatic heterocycles. The molecule has 1 heterocycles. The van der Waals surface area contributed by atoms with Crippen LogP contribution < -0.4 is 5.73 Å². The van der Waals surface area contributed by atoms with E-state index < -0.39 is 0 Å². The van der Waals surface area contributed by atoms with Gasteiger partial charge in [-0.05, 0) is 18.6 Å². The van der Waals surface area contributed by atoms with Crippen LogP contribution in [0.15, 0.2) is 29.4 Å². The highest BCUT2D eigenvalue weighted by Crippen LogP contribution is 2.17. The van der Waals surface area contributed by atoms with Gasteiger partial charge >= 0.3 is 0 Å². The molecule has 0 saturated heterocycles. The lowest BCUT2D eigenvalue weighted by molar-refractivity contribution is 0.803. The molecular weight excluding hydrogens is 182 g/mol. The van der Waals surface area contributed by atoms with Crippen LogP contribution in [0.25, 0.3) is 0 Å². The highest BCUT2D eigenvalue weighted by atomic mass is 32.2. The maximum atomic E-state index is 8.44. The van der Waals surface area contributed by atoms with Crippen molar-refractivity contribution in [1.29, 1.82) is 5.26 Å². The van der Waals surface area contributed by atoms with Crippen LogP contribution in [0.1, 0.15) is 6.42 Å². The minimum Gasteiger partial charge on any atom is -0.316 e. The highest BCUT2D eigenvalue weighted by Gasteiger charge is 1.99. The predicted molar refractivity (Wildman–Crippen MR) is 53.2 cm³/mol. The molecule has 0 aliphatic rings. The number of thioether (sulfide) groups is 1. The minimum atomic E-state index is -0.339. The number of nitriles is 1. The van der Waals surface area contributed by atoms with Crippen LogP contribution in [-0.2, 0) is 0 Å². The number of hydrogen-bond acceptors (Lipinski definition) is 4. The van der Waals surface area contributed by atoms with E-state index in [1.807, 2.05) is 18.2 Å². The first kappa shape index (κ1) is 10.0. The van der Waals surface area contributed by atoms with E-state index >= 15 is 0 Å². The van der Waals surface area contributed by atoms with Gasteiger partial charge in [-0.15, -0.1) is 11.8 Å². The van der Waals surface area contributed by atoms with E-state index in [0.717, 1.165) is 12.2 Å². The van der Waals surface area contributed by atoms with Crippen molar-refractivity contribution in [3.8, 4) is 6.07 Å². The topological polar surface area (TPSA) is 62.7 Å². The SMILES string of the molecule is N#CC(N)CCSc1ccncc1. The van der Waals surface area contributed by atoms with Crippen LogP contribution in [0.2, 0.25) is 0 Å². The molecule has 0 aliphatic carbocycles. The molecule has 0 saturated carbocycles. The second-order valence-corrected chi connectivity index (χ2v) is 3.72. The molecule has 3 nitrogen and oxygen atoms in total. The van der Waals surface area contributed by atoms with Gasteiger partial charge in [-0.1, -0.05) is 0 Å². The van der Waals surface area contributed by atoms with Gasteiger partial charge in [0, 0.05) is 23.0 Å². The molecule has 1 aromatic rings. The van der Waals surface area contributed by atoms with Crippen LogP contribution in [0.4, 0.5) is 0 Å². The molecule has 2 N–H and O–H groups in total. The summed E-state index contributed by atoms with van der Waals surface area (Å²) < 4.78 is 0. The Kier molecular flexibility index (Phi) is 4.30. The van der Waals surface area contributed by atoms with Crippen LogP contribution in [0.3, 0.4) is 0 Å². The first-order valence-electron chi connectivity index (χ1n) is 4.01. The molecule has 1 atom stereocenters. The summed E-state index contributed by atoms with van der Waals surface area (Å²) >= 11 is 1.69. The molecule has 0 spiro atoms. The average Bonchev–Trinajstić information content (AvgIpc) is 2.19. The lowest BCUT2D eigenvalue weighted by Crippen LogP contribution is -2.17. The van der Waals surface area contributed by atoms with Crippen molar-refractivity contribution < 1.29 is 0 Å². The van der Waals surface area contributed by atoms with Crippen molar-refractivity contribution in [2.45, 2.75) is 17.4 Å². The molecule has 0 aliphatic heterocycles. The molecule has 4 heteroatoms. The summed E-state index contributed by atoms with van der Waals surface area (Å²) in [5, 5.41) is 8.44. The van der Waals surface area contributed by atoms with Crippen LogP contribution in [0.5, 0.6) is 0 Å². The van der Waals surface area contributed by atoms with Crippen molar-refractivity contribution >= 4 is 11.8 Å². The second-order valence-electron chi connectivity index (χ2n) is 2.56. The summed E-state index contributed by atoms with van der Waals surface area (Å²) in [6, 6.07) is 5.56. The van der Waals surface area contributed by atoms with Gasteiger partial charge in [0.2, 0.25) is 0 Å². The highest BCUT2D eigenvalue weighted by molar-refractivity contribution is 7.99. The van der Waals surface area contributed by atoms with Gasteiger partial charge in [0.15, 0.2) is 0 Å². The van der Waals surface area contributed by atoms with Gasteiger partial charge in [-0.2, -0.15) is 5.26 Å². The number of nitrogens with two attached hydrogens (primary N) is 1. The maximum absolute atomic E-state index is 8.44. The normalized spacial score (nSPS) is 12.0. The largest absolute Gasteiger partial charge is 0.316 e. The zero-order valence-electron chi connectivity index (χ0n) is 7.18. The Balaban J connectivity index is 2.25. The van der Waals surface area contributed by atoms with E-state index in [9.17, 15) is 0 Å². The number of pyridine rings is 1. The summed E-state index contributed by atoms with van der Waals surface area (Å²) in [7, 11) is 0. The third kappa shape index (κ3) is 3.92. The number of aromatic nitrogens is 1. The van der Waals surface area contributed by atoms with Gasteiger partial charge in [-0.25, -0.2) is 0 Å². The summed E-state index contributed by atoms with van der Waals surface area (Å²) in [4.78, 5) is 5.08. The van der Waals surface area contributed by atoms with E-state index in [1.165, 1.54) is 4.90 Å². The zero-order valence-corrected chi connectivity index (χ0v) is 8.00. The molecule has 0 radical (unpaired) electrons. The summed E-state index contributed by atoms with van der Waals surface area (Å²) in [6.45, 7) is 0. The van der Waals surface area contributed by atoms with Crippen molar-refractivity contribution in [2.75, 3.05) is 5.75 Å². The van der Waals surface area contributed by atoms with Crippen LogP contribution >= 0.6 is 11.8 Å². The molecule has 0 amide bonds. The quantitative estimate of drug-likeness (QED) is 0.734. The molecule has 68 valence electrons. The summed E-state index contributed by atoms with van der Waals surface area (Å²) in [5.74, 6) is 0.874. The summed E-state index contributed by atoms with van der Waals surface area (Å²) in [6.07, 6.45) is 4.24. The van der Waals surface area contributed by atoms with Gasteiger partial charge in [-0.3, -0.25) is 4.98 Å². The molecule has 0 aromatic carbocycles. The molecule has 13 heavy (non-hydrogen) atoms. The molecule has 0 bridgehead atoms. The smallest absolute Gasteiger partial charge is 0.0936 e. The van der Waals surface area contributed by atoms with Crippen molar-refractivity contribution in [1.82, 2.24) is 4.98 Å². The van der Waals surface area contributed by atoms with Gasteiger partial charge < -0.3 is 5.73 Å². The molecular formula is C9H11N3S. The average molecular weight is 193 g/mol. The Morgan fingerprint density at radius 2 is 2.23 bits per heavy atom. The lowest BCUT2D eigenvalue weighted by Gasteiger charge is -2.01. The maximum Gasteiger partial charge on any atom is 0.0936 e. The fraction of sp³-hybridized carbons (Fsp3) is 0.333. The standard InChI is InChI=1S/C9H11N3S/c10-7-8(11)3-6-13-9-1-4-12-5-2-9/h1-2,4-5,8H,3,6,11H2. The Bertz CT molecular complexity index is 281. The first-order valence-corrected chi connectivity index (χ1v) is 4.99. The van der Waals surface area contributed by atoms with Crippen molar-refractivity contribution in [3.05, 3.63) is 24.5 Å². The zero-order chi connectivity index (χ0) is 9.52. The van der Waals surface area contributed by atoms with Crippen molar-refractivity contribution in [3.63, 3.8) is 0 Å². The summed E-state index contributed by atoms with van der Waals surface area (Å²) in [5.41, 5.74) is 5.45. The minimum absolute atomic E-state index is 0.339. The molecule has 0 fully saturated rings. The van der Waals surface area contributed by atoms with Crippen LogP contribution in [0, 0.1) is 11.3 Å². The van der Waals surface area contributed by atoms with Gasteiger partial charge in [0.25, 0.3) is 0 Å². The Morgan fingerprint density at radius 1 is 1.54 bits per heavy atom. The fourth-order valence-electron chi connectivity index (χ4n) is 0.803. The van der Waals surface area contributed by atoms with E-state index in [-0.39, 0.29) is 6.04 Å². The number of rotatable bonds is 4.